The minimum Gasteiger partial charge on any atom is -0.490 e. The zero-order chi connectivity index (χ0) is 21.2. The highest BCUT2D eigenvalue weighted by Crippen LogP contribution is 2.16. The molecule has 2 rings (SSSR count). The normalized spacial score (nSPS) is 16.1. The number of benzene rings is 1. The molecule has 1 heterocycles. The van der Waals surface area contributed by atoms with Crippen molar-refractivity contribution in [2.24, 2.45) is 0 Å². The Morgan fingerprint density at radius 3 is 2.45 bits per heavy atom. The van der Waals surface area contributed by atoms with Crippen molar-refractivity contribution in [3.8, 4) is 5.75 Å². The summed E-state index contributed by atoms with van der Waals surface area (Å²) in [6, 6.07) is 7.59. The van der Waals surface area contributed by atoms with E-state index in [0.717, 1.165) is 44.8 Å². The highest BCUT2D eigenvalue weighted by atomic mass is 16.5. The molecule has 1 aromatic carbocycles. The fourth-order valence-corrected chi connectivity index (χ4v) is 3.51. The van der Waals surface area contributed by atoms with Crippen molar-refractivity contribution in [3.63, 3.8) is 0 Å². The summed E-state index contributed by atoms with van der Waals surface area (Å²) >= 11 is 0. The lowest BCUT2D eigenvalue weighted by Gasteiger charge is -2.24. The van der Waals surface area contributed by atoms with Crippen molar-refractivity contribution in [3.05, 3.63) is 53.1 Å². The first-order valence-electron chi connectivity index (χ1n) is 10.7. The first kappa shape index (κ1) is 23.2. The summed E-state index contributed by atoms with van der Waals surface area (Å²) in [7, 11) is 0. The van der Waals surface area contributed by atoms with Crippen LogP contribution in [0.1, 0.15) is 57.8 Å². The molecule has 0 radical (unpaired) electrons. The Hall–Kier alpha value is -2.11. The second-order valence-electron chi connectivity index (χ2n) is 7.89. The van der Waals surface area contributed by atoms with E-state index in [4.69, 9.17) is 4.74 Å². The van der Waals surface area contributed by atoms with Crippen LogP contribution in [0.4, 0.5) is 0 Å². The van der Waals surface area contributed by atoms with Crippen molar-refractivity contribution in [1.82, 2.24) is 15.3 Å². The average molecular weight is 400 g/mol. The number of likely N-dealkylation sites (N-methyl/N-ethyl adjacent to an activating group) is 2. The van der Waals surface area contributed by atoms with Crippen LogP contribution < -0.4 is 10.1 Å². The van der Waals surface area contributed by atoms with Crippen molar-refractivity contribution < 1.29 is 9.53 Å². The molecule has 1 saturated heterocycles. The summed E-state index contributed by atoms with van der Waals surface area (Å²) in [6.07, 6.45) is 6.47. The maximum absolute atomic E-state index is 12.7. The van der Waals surface area contributed by atoms with Gasteiger partial charge in [0.15, 0.2) is 0 Å². The number of hydrogen-bond acceptors (Lipinski definition) is 4. The minimum absolute atomic E-state index is 0.0390. The molecule has 1 aliphatic heterocycles. The second-order valence-corrected chi connectivity index (χ2v) is 7.89. The van der Waals surface area contributed by atoms with E-state index in [1.807, 2.05) is 24.3 Å². The number of hydrazine groups is 1. The Labute approximate surface area is 176 Å². The lowest BCUT2D eigenvalue weighted by molar-refractivity contribution is 0.0388. The van der Waals surface area contributed by atoms with Crippen LogP contribution in [0.15, 0.2) is 47.6 Å². The van der Waals surface area contributed by atoms with Crippen molar-refractivity contribution in [2.45, 2.75) is 53.5 Å². The van der Waals surface area contributed by atoms with Crippen LogP contribution in [0.25, 0.3) is 0 Å². The number of nitrogens with one attached hydrogen (secondary N) is 1. The molecule has 0 atom stereocenters. The predicted molar refractivity (Wildman–Crippen MR) is 120 cm³/mol. The number of amides is 1. The number of carbonyl (C=O) groups is 1. The number of ether oxygens (including phenoxy) is 1. The van der Waals surface area contributed by atoms with Crippen LogP contribution in [0.2, 0.25) is 0 Å². The van der Waals surface area contributed by atoms with E-state index in [1.165, 1.54) is 11.1 Å². The first-order chi connectivity index (χ1) is 13.9. The molecule has 5 heteroatoms. The van der Waals surface area contributed by atoms with Gasteiger partial charge in [-0.2, -0.15) is 0 Å². The van der Waals surface area contributed by atoms with Crippen LogP contribution in [-0.4, -0.2) is 54.8 Å². The van der Waals surface area contributed by atoms with Gasteiger partial charge < -0.3 is 10.1 Å². The van der Waals surface area contributed by atoms with Crippen LogP contribution in [0, 0.1) is 0 Å². The Kier molecular flexibility index (Phi) is 9.42. The maximum atomic E-state index is 12.7. The third kappa shape index (κ3) is 7.67. The predicted octanol–water partition coefficient (Wildman–Crippen LogP) is 4.43. The van der Waals surface area contributed by atoms with Gasteiger partial charge in [0.25, 0.3) is 5.91 Å². The summed E-state index contributed by atoms with van der Waals surface area (Å²) in [5.41, 5.74) is 3.31. The van der Waals surface area contributed by atoms with E-state index in [-0.39, 0.29) is 11.9 Å². The SMILES string of the molecule is CCN1CC(NC(=O)c2cccc(OCC=C(C)CCC=C(C)C)c2)CN1CC. The Balaban J connectivity index is 1.85. The quantitative estimate of drug-likeness (QED) is 0.591. The molecule has 1 N–H and O–H groups in total. The molecular weight excluding hydrogens is 362 g/mol. The van der Waals surface area contributed by atoms with Crippen LogP contribution >= 0.6 is 0 Å². The smallest absolute Gasteiger partial charge is 0.251 e. The topological polar surface area (TPSA) is 44.8 Å². The van der Waals surface area contributed by atoms with Gasteiger partial charge in [0.05, 0.1) is 6.04 Å². The van der Waals surface area contributed by atoms with E-state index in [0.29, 0.717) is 12.2 Å². The summed E-state index contributed by atoms with van der Waals surface area (Å²) < 4.78 is 5.85. The molecule has 0 spiro atoms. The van der Waals surface area contributed by atoms with Gasteiger partial charge in [0.1, 0.15) is 12.4 Å². The fourth-order valence-electron chi connectivity index (χ4n) is 3.51. The zero-order valence-corrected chi connectivity index (χ0v) is 18.7. The van der Waals surface area contributed by atoms with Crippen molar-refractivity contribution >= 4 is 5.91 Å². The summed E-state index contributed by atoms with van der Waals surface area (Å²) in [5, 5.41) is 7.74. The van der Waals surface area contributed by atoms with E-state index >= 15 is 0 Å². The van der Waals surface area contributed by atoms with Gasteiger partial charge in [-0.3, -0.25) is 4.79 Å². The molecule has 5 nitrogen and oxygen atoms in total. The van der Waals surface area contributed by atoms with E-state index in [1.54, 1.807) is 0 Å². The highest BCUT2D eigenvalue weighted by Gasteiger charge is 2.29. The Bertz CT molecular complexity index is 711. The van der Waals surface area contributed by atoms with Crippen molar-refractivity contribution in [2.75, 3.05) is 32.8 Å². The van der Waals surface area contributed by atoms with E-state index in [9.17, 15) is 4.79 Å². The number of hydrogen-bond donors (Lipinski definition) is 1. The lowest BCUT2D eigenvalue weighted by atomic mass is 10.1. The number of nitrogens with zero attached hydrogens (tertiary/aromatic N) is 2. The second kappa shape index (κ2) is 11.8. The van der Waals surface area contributed by atoms with Gasteiger partial charge in [0.2, 0.25) is 0 Å². The summed E-state index contributed by atoms with van der Waals surface area (Å²) in [6.45, 7) is 14.8. The fraction of sp³-hybridized carbons (Fsp3) is 0.542. The number of rotatable bonds is 10. The van der Waals surface area contributed by atoms with E-state index < -0.39 is 0 Å². The molecule has 0 unspecified atom stereocenters. The lowest BCUT2D eigenvalue weighted by Crippen LogP contribution is -2.38. The molecule has 1 fully saturated rings. The Morgan fingerprint density at radius 1 is 1.14 bits per heavy atom. The average Bonchev–Trinajstić information content (AvgIpc) is 3.09. The third-order valence-electron chi connectivity index (χ3n) is 5.20. The molecule has 0 bridgehead atoms. The van der Waals surface area contributed by atoms with Crippen molar-refractivity contribution in [1.29, 1.82) is 0 Å². The molecule has 1 aromatic rings. The standard InChI is InChI=1S/C24H37N3O2/c1-6-26-17-22(18-27(26)7-2)25-24(28)21-12-9-13-23(16-21)29-15-14-20(5)11-8-10-19(3)4/h9-10,12-14,16,22H,6-8,11,15,17-18H2,1-5H3,(H,25,28). The molecule has 1 aliphatic rings. The molecule has 0 aromatic heterocycles. The zero-order valence-electron chi connectivity index (χ0n) is 18.7. The van der Waals surface area contributed by atoms with E-state index in [2.05, 4.69) is 62.1 Å². The van der Waals surface area contributed by atoms with Crippen LogP contribution in [0.3, 0.4) is 0 Å². The molecular formula is C24H37N3O2. The van der Waals surface area contributed by atoms with Gasteiger partial charge in [-0.25, -0.2) is 10.0 Å². The number of carbonyl (C=O) groups excluding carboxylic acids is 1. The third-order valence-corrected chi connectivity index (χ3v) is 5.20. The van der Waals surface area contributed by atoms with Gasteiger partial charge in [0, 0.05) is 31.7 Å². The first-order valence-corrected chi connectivity index (χ1v) is 10.7. The number of allylic oxidation sites excluding steroid dienone is 3. The van der Waals surface area contributed by atoms with Gasteiger partial charge in [-0.1, -0.05) is 37.1 Å². The van der Waals surface area contributed by atoms with Crippen LogP contribution in [0.5, 0.6) is 5.75 Å². The molecule has 1 amide bonds. The highest BCUT2D eigenvalue weighted by molar-refractivity contribution is 5.94. The summed E-state index contributed by atoms with van der Waals surface area (Å²) in [4.78, 5) is 12.7. The maximum Gasteiger partial charge on any atom is 0.251 e. The molecule has 0 aliphatic carbocycles. The van der Waals surface area contributed by atoms with Gasteiger partial charge >= 0.3 is 0 Å². The Morgan fingerprint density at radius 2 is 1.83 bits per heavy atom. The van der Waals surface area contributed by atoms with Gasteiger partial charge in [-0.15, -0.1) is 0 Å². The van der Waals surface area contributed by atoms with Crippen LogP contribution in [-0.2, 0) is 0 Å². The molecule has 0 saturated carbocycles. The molecule has 29 heavy (non-hydrogen) atoms. The molecule has 160 valence electrons. The van der Waals surface area contributed by atoms with Gasteiger partial charge in [-0.05, 0) is 57.9 Å². The monoisotopic (exact) mass is 399 g/mol. The minimum atomic E-state index is -0.0390. The summed E-state index contributed by atoms with van der Waals surface area (Å²) in [5.74, 6) is 0.686. The largest absolute Gasteiger partial charge is 0.490 e.